The second-order valence-electron chi connectivity index (χ2n) is 8.04. The number of nitrogens with zero attached hydrogens (tertiary/aromatic N) is 3. The molecule has 162 valence electrons. The van der Waals surface area contributed by atoms with Crippen molar-refractivity contribution in [3.8, 4) is 0 Å². The molecule has 0 bridgehead atoms. The van der Waals surface area contributed by atoms with Crippen LogP contribution in [-0.2, 0) is 16.1 Å². The number of imide groups is 1. The normalized spacial score (nSPS) is 17.6. The van der Waals surface area contributed by atoms with Crippen molar-refractivity contribution in [2.75, 3.05) is 0 Å². The van der Waals surface area contributed by atoms with Crippen LogP contribution in [0, 0.1) is 13.8 Å². The van der Waals surface area contributed by atoms with Crippen molar-refractivity contribution < 1.29 is 9.59 Å². The van der Waals surface area contributed by atoms with E-state index in [1.165, 1.54) is 23.1 Å². The number of benzene rings is 1. The number of aryl methyl sites for hydroxylation is 2. The van der Waals surface area contributed by atoms with Crippen molar-refractivity contribution in [3.63, 3.8) is 0 Å². The first kappa shape index (κ1) is 21.8. The molecule has 0 atom stereocenters. The van der Waals surface area contributed by atoms with E-state index in [1.807, 2.05) is 32.0 Å². The van der Waals surface area contributed by atoms with E-state index in [0.717, 1.165) is 42.6 Å². The van der Waals surface area contributed by atoms with Gasteiger partial charge in [0.15, 0.2) is 5.16 Å². The Morgan fingerprint density at radius 3 is 2.32 bits per heavy atom. The molecule has 1 aliphatic heterocycles. The number of carbonyl (C=O) groups excluding carboxylic acids is 2. The zero-order valence-corrected chi connectivity index (χ0v) is 19.2. The molecule has 0 saturated heterocycles. The highest BCUT2D eigenvalue weighted by Crippen LogP contribution is 2.34. The number of rotatable bonds is 6. The van der Waals surface area contributed by atoms with Crippen LogP contribution in [0.1, 0.15) is 49.1 Å². The molecule has 2 aliphatic rings. The van der Waals surface area contributed by atoms with Crippen LogP contribution in [-0.4, -0.2) is 32.7 Å². The summed E-state index contributed by atoms with van der Waals surface area (Å²) in [7, 11) is 0. The maximum Gasteiger partial charge on any atom is 0.278 e. The summed E-state index contributed by atoms with van der Waals surface area (Å²) < 4.78 is 0. The quantitative estimate of drug-likeness (QED) is 0.508. The average Bonchev–Trinajstić information content (AvgIpc) is 2.94. The Balaban J connectivity index is 1.63. The minimum Gasteiger partial charge on any atom is -0.377 e. The predicted molar refractivity (Wildman–Crippen MR) is 121 cm³/mol. The van der Waals surface area contributed by atoms with Crippen molar-refractivity contribution in [1.29, 1.82) is 0 Å². The molecular weight excluding hydrogens is 432 g/mol. The van der Waals surface area contributed by atoms with Gasteiger partial charge in [-0.1, -0.05) is 43.0 Å². The molecule has 31 heavy (non-hydrogen) atoms. The topological polar surface area (TPSA) is 75.2 Å². The third kappa shape index (κ3) is 5.10. The van der Waals surface area contributed by atoms with Gasteiger partial charge >= 0.3 is 0 Å². The van der Waals surface area contributed by atoms with Gasteiger partial charge in [0.1, 0.15) is 10.6 Å². The van der Waals surface area contributed by atoms with Gasteiger partial charge in [-0.05, 0) is 62.2 Å². The number of amides is 2. The fourth-order valence-electron chi connectivity index (χ4n) is 3.97. The lowest BCUT2D eigenvalue weighted by molar-refractivity contribution is -0.138. The first-order valence-electron chi connectivity index (χ1n) is 10.5. The Morgan fingerprint density at radius 2 is 1.68 bits per heavy atom. The minimum atomic E-state index is -0.314. The maximum atomic E-state index is 13.3. The zero-order chi connectivity index (χ0) is 22.0. The molecule has 1 saturated carbocycles. The first-order valence-corrected chi connectivity index (χ1v) is 11.7. The second-order valence-corrected chi connectivity index (χ2v) is 9.46. The van der Waals surface area contributed by atoms with Crippen LogP contribution in [0.4, 0.5) is 0 Å². The van der Waals surface area contributed by atoms with Crippen LogP contribution in [0.5, 0.6) is 0 Å². The van der Waals surface area contributed by atoms with Crippen LogP contribution in [0.25, 0.3) is 0 Å². The molecule has 6 nitrogen and oxygen atoms in total. The lowest BCUT2D eigenvalue weighted by Gasteiger charge is -2.24. The van der Waals surface area contributed by atoms with Gasteiger partial charge in [-0.3, -0.25) is 14.5 Å². The van der Waals surface area contributed by atoms with Crippen LogP contribution in [0.2, 0.25) is 5.02 Å². The number of hydrogen-bond donors (Lipinski definition) is 1. The smallest absolute Gasteiger partial charge is 0.278 e. The number of nitrogens with one attached hydrogen (secondary N) is 1. The Morgan fingerprint density at radius 1 is 1.03 bits per heavy atom. The number of halogens is 1. The first-order chi connectivity index (χ1) is 14.9. The van der Waals surface area contributed by atoms with Crippen LogP contribution >= 0.6 is 23.4 Å². The molecule has 1 aliphatic carbocycles. The summed E-state index contributed by atoms with van der Waals surface area (Å²) in [6, 6.07) is 9.26. The van der Waals surface area contributed by atoms with E-state index in [9.17, 15) is 9.59 Å². The van der Waals surface area contributed by atoms with Gasteiger partial charge in [-0.25, -0.2) is 9.97 Å². The third-order valence-corrected chi connectivity index (χ3v) is 6.69. The fourth-order valence-corrected chi connectivity index (χ4v) is 5.11. The Kier molecular flexibility index (Phi) is 6.62. The molecule has 1 N–H and O–H groups in total. The van der Waals surface area contributed by atoms with Gasteiger partial charge in [0.05, 0.1) is 6.54 Å². The Bertz CT molecular complexity index is 1010. The Labute approximate surface area is 191 Å². The molecule has 0 unspecified atom stereocenters. The summed E-state index contributed by atoms with van der Waals surface area (Å²) in [6.45, 7) is 3.98. The highest BCUT2D eigenvalue weighted by Gasteiger charge is 2.40. The van der Waals surface area contributed by atoms with Gasteiger partial charge in [-0.2, -0.15) is 0 Å². The summed E-state index contributed by atoms with van der Waals surface area (Å²) in [5, 5.41) is 4.48. The minimum absolute atomic E-state index is 0.197. The molecule has 1 fully saturated rings. The van der Waals surface area contributed by atoms with E-state index in [0.29, 0.717) is 20.8 Å². The van der Waals surface area contributed by atoms with E-state index in [-0.39, 0.29) is 24.4 Å². The van der Waals surface area contributed by atoms with Crippen molar-refractivity contribution in [2.24, 2.45) is 0 Å². The van der Waals surface area contributed by atoms with Gasteiger partial charge < -0.3 is 5.32 Å². The van der Waals surface area contributed by atoms with Crippen LogP contribution in [0.15, 0.2) is 46.1 Å². The van der Waals surface area contributed by atoms with Gasteiger partial charge in [0, 0.05) is 22.5 Å². The van der Waals surface area contributed by atoms with Gasteiger partial charge in [0.2, 0.25) is 0 Å². The third-order valence-electron chi connectivity index (χ3n) is 5.49. The zero-order valence-electron chi connectivity index (χ0n) is 17.7. The second kappa shape index (κ2) is 9.40. The molecule has 2 aromatic rings. The predicted octanol–water partition coefficient (Wildman–Crippen LogP) is 4.54. The highest BCUT2D eigenvalue weighted by molar-refractivity contribution is 8.04. The number of thioether (sulfide) groups is 1. The molecule has 0 radical (unpaired) electrons. The highest BCUT2D eigenvalue weighted by atomic mass is 35.5. The van der Waals surface area contributed by atoms with Crippen molar-refractivity contribution in [1.82, 2.24) is 20.2 Å². The molecule has 0 spiro atoms. The largest absolute Gasteiger partial charge is 0.377 e. The summed E-state index contributed by atoms with van der Waals surface area (Å²) in [5.74, 6) is -0.608. The standard InChI is InChI=1S/C23H25ClN4O2S/c1-14-12-15(2)26-23(25-14)31-20-19(27-18-6-4-3-5-7-18)21(29)28(22(20)30)13-16-8-10-17(24)11-9-16/h8-12,18,27H,3-7,13H2,1-2H3. The van der Waals surface area contributed by atoms with Crippen molar-refractivity contribution in [2.45, 2.75) is 63.7 Å². The van der Waals surface area contributed by atoms with E-state index >= 15 is 0 Å². The molecule has 1 aromatic carbocycles. The number of aromatic nitrogens is 2. The van der Waals surface area contributed by atoms with E-state index in [1.54, 1.807) is 12.1 Å². The monoisotopic (exact) mass is 456 g/mol. The summed E-state index contributed by atoms with van der Waals surface area (Å²) in [4.78, 5) is 37.2. The SMILES string of the molecule is Cc1cc(C)nc(SC2=C(NC3CCCCC3)C(=O)N(Cc3ccc(Cl)cc3)C2=O)n1. The van der Waals surface area contributed by atoms with Gasteiger partial charge in [0.25, 0.3) is 11.8 Å². The fraction of sp³-hybridized carbons (Fsp3) is 0.391. The number of hydrogen-bond acceptors (Lipinski definition) is 6. The average molecular weight is 457 g/mol. The van der Waals surface area contributed by atoms with Crippen LogP contribution in [0.3, 0.4) is 0 Å². The van der Waals surface area contributed by atoms with Gasteiger partial charge in [-0.15, -0.1) is 0 Å². The van der Waals surface area contributed by atoms with Crippen LogP contribution < -0.4 is 5.32 Å². The summed E-state index contributed by atoms with van der Waals surface area (Å²) in [6.07, 6.45) is 5.47. The number of carbonyl (C=O) groups is 2. The molecule has 8 heteroatoms. The van der Waals surface area contributed by atoms with E-state index < -0.39 is 0 Å². The lowest BCUT2D eigenvalue weighted by Crippen LogP contribution is -2.37. The van der Waals surface area contributed by atoms with E-state index in [2.05, 4.69) is 15.3 Å². The molecule has 1 aromatic heterocycles. The summed E-state index contributed by atoms with van der Waals surface area (Å²) in [5.41, 5.74) is 2.87. The Hall–Kier alpha value is -2.38. The molecule has 2 heterocycles. The maximum absolute atomic E-state index is 13.3. The molecule has 2 amide bonds. The van der Waals surface area contributed by atoms with E-state index in [4.69, 9.17) is 11.6 Å². The lowest BCUT2D eigenvalue weighted by atomic mass is 9.95. The van der Waals surface area contributed by atoms with Crippen molar-refractivity contribution in [3.05, 3.63) is 62.9 Å². The van der Waals surface area contributed by atoms with Crippen molar-refractivity contribution >= 4 is 35.2 Å². The molecule has 4 rings (SSSR count). The summed E-state index contributed by atoms with van der Waals surface area (Å²) >= 11 is 7.14. The molecular formula is C23H25ClN4O2S.